The Balaban J connectivity index is 0.000000229. The van der Waals surface area contributed by atoms with Crippen LogP contribution in [0.15, 0.2) is 60.7 Å². The number of aromatic hydroxyl groups is 1. The van der Waals surface area contributed by atoms with Gasteiger partial charge in [-0.1, -0.05) is 36.4 Å². The third-order valence-electron chi connectivity index (χ3n) is 5.46. The molecule has 0 bridgehead atoms. The van der Waals surface area contributed by atoms with E-state index in [2.05, 4.69) is 0 Å². The Kier molecular flexibility index (Phi) is 11.9. The minimum atomic E-state index is -0.429. The van der Waals surface area contributed by atoms with Gasteiger partial charge >= 0.3 is 12.2 Å². The number of carbonyl (C=O) groups excluding carboxylic acids is 2. The van der Waals surface area contributed by atoms with Gasteiger partial charge in [0.15, 0.2) is 0 Å². The number of nitrogens with zero attached hydrogens (tertiary/aromatic N) is 2. The van der Waals surface area contributed by atoms with E-state index in [0.29, 0.717) is 44.5 Å². The lowest BCUT2D eigenvalue weighted by Gasteiger charge is -2.39. The number of phenolic OH excluding ortho intramolecular Hbond substituents is 1. The summed E-state index contributed by atoms with van der Waals surface area (Å²) in [5, 5.41) is 17.4. The van der Waals surface area contributed by atoms with Crippen molar-refractivity contribution in [1.82, 2.24) is 9.80 Å². The van der Waals surface area contributed by atoms with Crippen LogP contribution in [0.2, 0.25) is 0 Å². The second kappa shape index (κ2) is 14.6. The number of aliphatic hydroxyl groups is 1. The molecule has 9 nitrogen and oxygen atoms in total. The van der Waals surface area contributed by atoms with E-state index < -0.39 is 11.2 Å². The first-order valence-corrected chi connectivity index (χ1v) is 13.2. The smallest absolute Gasteiger partial charge is 0.410 e. The van der Waals surface area contributed by atoms with E-state index >= 15 is 0 Å². The molecule has 0 radical (unpaired) electrons. The number of carbonyl (C=O) groups is 2. The van der Waals surface area contributed by atoms with Crippen molar-refractivity contribution in [2.45, 2.75) is 52.7 Å². The molecule has 2 aromatic rings. The van der Waals surface area contributed by atoms with Crippen LogP contribution in [-0.2, 0) is 9.47 Å². The molecule has 0 aromatic heterocycles. The summed E-state index contributed by atoms with van der Waals surface area (Å²) in [5.41, 5.74) is -0.857. The van der Waals surface area contributed by atoms with Crippen LogP contribution < -0.4 is 4.74 Å². The van der Waals surface area contributed by atoms with E-state index in [1.54, 1.807) is 34.1 Å². The predicted molar refractivity (Wildman–Crippen MR) is 150 cm³/mol. The van der Waals surface area contributed by atoms with Gasteiger partial charge in [0.05, 0.1) is 6.61 Å². The zero-order chi connectivity index (χ0) is 29.1. The lowest BCUT2D eigenvalue weighted by atomic mass is 10.0. The highest BCUT2D eigenvalue weighted by atomic mass is 16.6. The third kappa shape index (κ3) is 12.8. The molecule has 216 valence electrons. The number of rotatable bonds is 4. The Labute approximate surface area is 232 Å². The molecule has 2 saturated heterocycles. The summed E-state index contributed by atoms with van der Waals surface area (Å²) in [5.74, 6) is 1.83. The van der Waals surface area contributed by atoms with Gasteiger partial charge in [0.1, 0.15) is 22.7 Å². The van der Waals surface area contributed by atoms with E-state index in [4.69, 9.17) is 24.4 Å². The quantitative estimate of drug-likeness (QED) is 0.547. The molecule has 0 spiro atoms. The van der Waals surface area contributed by atoms with Gasteiger partial charge in [-0.05, 0) is 65.8 Å². The monoisotopic (exact) mass is 544 g/mol. The Bertz CT molecular complexity index is 991. The average molecular weight is 545 g/mol. The summed E-state index contributed by atoms with van der Waals surface area (Å²) in [6.07, 6.45) is -0.513. The number of hydrogen-bond donors (Lipinski definition) is 2. The van der Waals surface area contributed by atoms with Crippen LogP contribution in [0.25, 0.3) is 0 Å². The number of aliphatic hydroxyl groups excluding tert-OH is 1. The normalized spacial score (nSPS) is 15.4. The fourth-order valence-corrected chi connectivity index (χ4v) is 3.47. The standard InChI is InChI=1S/C15H21NO3.C9H17NO3.C6H6O/c1-15(2,3)19-14(17)16-9-12(10-16)11-18-13-7-5-4-6-8-13;1-9(2,3)13-8(12)10-4-7(5-10)6-11;7-6-4-2-1-3-5-6/h4-8,12H,9-11H2,1-3H3;7,11H,4-6H2,1-3H3;1-5,7H. The van der Waals surface area contributed by atoms with Crippen LogP contribution in [0.5, 0.6) is 11.5 Å². The first kappa shape index (κ1) is 31.8. The van der Waals surface area contributed by atoms with Crippen LogP contribution in [0.1, 0.15) is 41.5 Å². The maximum Gasteiger partial charge on any atom is 0.410 e. The molecule has 2 amide bonds. The van der Waals surface area contributed by atoms with Crippen LogP contribution in [0.4, 0.5) is 9.59 Å². The molecule has 39 heavy (non-hydrogen) atoms. The number of benzene rings is 2. The van der Waals surface area contributed by atoms with Gasteiger partial charge in [-0.3, -0.25) is 0 Å². The molecule has 4 rings (SSSR count). The highest BCUT2D eigenvalue weighted by Crippen LogP contribution is 2.21. The van der Waals surface area contributed by atoms with E-state index in [1.807, 2.05) is 77.9 Å². The fraction of sp³-hybridized carbons (Fsp3) is 0.533. The second-order valence-corrected chi connectivity index (χ2v) is 11.6. The number of likely N-dealkylation sites (tertiary alicyclic amines) is 2. The van der Waals surface area contributed by atoms with Crippen molar-refractivity contribution in [1.29, 1.82) is 0 Å². The molecule has 9 heteroatoms. The van der Waals surface area contributed by atoms with Gasteiger partial charge < -0.3 is 34.2 Å². The largest absolute Gasteiger partial charge is 0.508 e. The van der Waals surface area contributed by atoms with Gasteiger partial charge in [0.25, 0.3) is 0 Å². The summed E-state index contributed by atoms with van der Waals surface area (Å²) >= 11 is 0. The Morgan fingerprint density at radius 2 is 1.15 bits per heavy atom. The van der Waals surface area contributed by atoms with Crippen molar-refractivity contribution >= 4 is 12.2 Å². The van der Waals surface area contributed by atoms with Gasteiger partial charge in [0.2, 0.25) is 0 Å². The van der Waals surface area contributed by atoms with Crippen molar-refractivity contribution < 1.29 is 34.0 Å². The molecule has 2 aromatic carbocycles. The number of ether oxygens (including phenoxy) is 3. The van der Waals surface area contributed by atoms with Crippen molar-refractivity contribution in [3.05, 3.63) is 60.7 Å². The number of para-hydroxylation sites is 2. The van der Waals surface area contributed by atoms with Crippen LogP contribution in [0.3, 0.4) is 0 Å². The average Bonchev–Trinajstić information content (AvgIpc) is 2.77. The molecule has 0 saturated carbocycles. The summed E-state index contributed by atoms with van der Waals surface area (Å²) in [7, 11) is 0. The number of amides is 2. The van der Waals surface area contributed by atoms with Gasteiger partial charge in [-0.25, -0.2) is 9.59 Å². The lowest BCUT2D eigenvalue weighted by molar-refractivity contribution is -0.0101. The molecule has 0 atom stereocenters. The lowest BCUT2D eigenvalue weighted by Crippen LogP contribution is -2.53. The van der Waals surface area contributed by atoms with Crippen LogP contribution >= 0.6 is 0 Å². The molecular formula is C30H44N2O7. The molecule has 2 N–H and O–H groups in total. The van der Waals surface area contributed by atoms with Crippen molar-refractivity contribution in [2.75, 3.05) is 39.4 Å². The van der Waals surface area contributed by atoms with E-state index in [9.17, 15) is 9.59 Å². The molecule has 0 unspecified atom stereocenters. The van der Waals surface area contributed by atoms with Crippen molar-refractivity contribution in [2.24, 2.45) is 11.8 Å². The van der Waals surface area contributed by atoms with Crippen molar-refractivity contribution in [3.8, 4) is 11.5 Å². The second-order valence-electron chi connectivity index (χ2n) is 11.6. The van der Waals surface area contributed by atoms with Crippen molar-refractivity contribution in [3.63, 3.8) is 0 Å². The fourth-order valence-electron chi connectivity index (χ4n) is 3.47. The highest BCUT2D eigenvalue weighted by Gasteiger charge is 2.34. The zero-order valence-electron chi connectivity index (χ0n) is 24.0. The molecule has 2 fully saturated rings. The maximum absolute atomic E-state index is 11.7. The molecule has 2 aliphatic heterocycles. The van der Waals surface area contributed by atoms with Crippen LogP contribution in [0, 0.1) is 11.8 Å². The van der Waals surface area contributed by atoms with Gasteiger partial charge in [0, 0.05) is 44.6 Å². The molecule has 2 heterocycles. The summed E-state index contributed by atoms with van der Waals surface area (Å²) in [4.78, 5) is 26.4. The first-order chi connectivity index (χ1) is 18.3. The van der Waals surface area contributed by atoms with Gasteiger partial charge in [-0.15, -0.1) is 0 Å². The topological polar surface area (TPSA) is 109 Å². The number of hydrogen-bond acceptors (Lipinski definition) is 7. The summed E-state index contributed by atoms with van der Waals surface area (Å²) in [6.45, 7) is 14.6. The maximum atomic E-state index is 11.7. The predicted octanol–water partition coefficient (Wildman–Crippen LogP) is 5.17. The third-order valence-corrected chi connectivity index (χ3v) is 5.46. The minimum absolute atomic E-state index is 0.152. The first-order valence-electron chi connectivity index (χ1n) is 13.2. The zero-order valence-corrected chi connectivity index (χ0v) is 24.0. The molecule has 2 aliphatic rings. The Morgan fingerprint density at radius 3 is 1.51 bits per heavy atom. The van der Waals surface area contributed by atoms with Gasteiger partial charge in [-0.2, -0.15) is 0 Å². The van der Waals surface area contributed by atoms with E-state index in [0.717, 1.165) is 5.75 Å². The minimum Gasteiger partial charge on any atom is -0.508 e. The molecule has 0 aliphatic carbocycles. The molecular weight excluding hydrogens is 500 g/mol. The summed E-state index contributed by atoms with van der Waals surface area (Å²) in [6, 6.07) is 18.4. The Morgan fingerprint density at radius 1 is 0.744 bits per heavy atom. The SMILES string of the molecule is CC(C)(C)OC(=O)N1CC(CO)C1.CC(C)(C)OC(=O)N1CC(COc2ccccc2)C1.Oc1ccccc1. The Hall–Kier alpha value is -3.46. The van der Waals surface area contributed by atoms with E-state index in [-0.39, 0.29) is 24.7 Å². The number of phenols is 1. The highest BCUT2D eigenvalue weighted by molar-refractivity contribution is 5.69. The van der Waals surface area contributed by atoms with Crippen LogP contribution in [-0.4, -0.2) is 82.8 Å². The van der Waals surface area contributed by atoms with E-state index in [1.165, 1.54) is 0 Å². The summed E-state index contributed by atoms with van der Waals surface area (Å²) < 4.78 is 16.1.